The number of nitrogens with one attached hydrogen (secondary N) is 2. The van der Waals surface area contributed by atoms with Crippen LogP contribution in [0.15, 0.2) is 27.9 Å². The third-order valence-corrected chi connectivity index (χ3v) is 2.33. The molecule has 5 N–H and O–H groups in total. The van der Waals surface area contributed by atoms with Gasteiger partial charge in [-0.15, -0.1) is 0 Å². The average molecular weight is 292 g/mol. The number of nitrogens with two attached hydrogens (primary N) is 1. The lowest BCUT2D eigenvalue weighted by atomic mass is 10.2. The minimum Gasteiger partial charge on any atom is -0.504 e. The molecule has 110 valence electrons. The van der Waals surface area contributed by atoms with Gasteiger partial charge in [-0.3, -0.25) is 5.32 Å². The van der Waals surface area contributed by atoms with E-state index in [0.717, 1.165) is 0 Å². The number of benzene rings is 1. The van der Waals surface area contributed by atoms with Crippen LogP contribution < -0.4 is 21.2 Å². The zero-order chi connectivity index (χ0) is 15.2. The molecule has 0 aliphatic heterocycles. The maximum absolute atomic E-state index is 11.5. The van der Waals surface area contributed by atoms with Crippen molar-refractivity contribution in [3.63, 3.8) is 0 Å². The summed E-state index contributed by atoms with van der Waals surface area (Å²) in [7, 11) is 1.43. The number of carbonyl (C=O) groups is 1. The second kappa shape index (κ2) is 6.23. The van der Waals surface area contributed by atoms with Crippen LogP contribution in [0.3, 0.4) is 0 Å². The number of nitrogens with zero attached hydrogens (tertiary/aromatic N) is 3. The first kappa shape index (κ1) is 14.1. The number of urea groups is 1. The fourth-order valence-electron chi connectivity index (χ4n) is 1.36. The molecule has 0 bridgehead atoms. The van der Waals surface area contributed by atoms with E-state index >= 15 is 0 Å². The molecule has 0 unspecified atom stereocenters. The monoisotopic (exact) mass is 292 g/mol. The van der Waals surface area contributed by atoms with Crippen LogP contribution in [0.4, 0.5) is 16.4 Å². The Balaban J connectivity index is 1.93. The molecule has 0 aliphatic carbocycles. The molecule has 2 rings (SSSR count). The third-order valence-electron chi connectivity index (χ3n) is 2.33. The standard InChI is InChI=1S/C11H12N6O4/c1-20-8-4-6(2-3-7(8)18)5-13-15-11(19)14-10-9(12)16-21-17-10/h2-5,18H,1H3,(H2,12,16)(H2,14,15,17,19). The molecule has 0 fully saturated rings. The zero-order valence-electron chi connectivity index (χ0n) is 10.9. The van der Waals surface area contributed by atoms with Gasteiger partial charge >= 0.3 is 6.03 Å². The van der Waals surface area contributed by atoms with Gasteiger partial charge in [0.05, 0.1) is 13.3 Å². The van der Waals surface area contributed by atoms with Crippen LogP contribution in [-0.2, 0) is 0 Å². The molecule has 21 heavy (non-hydrogen) atoms. The number of nitrogen functional groups attached to an aromatic ring is 1. The van der Waals surface area contributed by atoms with Crippen molar-refractivity contribution in [2.75, 3.05) is 18.2 Å². The van der Waals surface area contributed by atoms with Crippen LogP contribution in [0.25, 0.3) is 0 Å². The Morgan fingerprint density at radius 3 is 3.00 bits per heavy atom. The van der Waals surface area contributed by atoms with E-state index in [1.54, 1.807) is 12.1 Å². The molecule has 2 amide bonds. The summed E-state index contributed by atoms with van der Waals surface area (Å²) in [5, 5.41) is 22.1. The number of hydrogen-bond donors (Lipinski definition) is 4. The van der Waals surface area contributed by atoms with Crippen molar-refractivity contribution in [3.8, 4) is 11.5 Å². The molecule has 0 radical (unpaired) electrons. The number of phenols is 1. The van der Waals surface area contributed by atoms with Crippen molar-refractivity contribution in [3.05, 3.63) is 23.8 Å². The smallest absolute Gasteiger partial charge is 0.340 e. The number of phenolic OH excluding ortho intramolecular Hbond substituents is 1. The maximum atomic E-state index is 11.5. The van der Waals surface area contributed by atoms with E-state index in [9.17, 15) is 9.90 Å². The summed E-state index contributed by atoms with van der Waals surface area (Å²) in [6.07, 6.45) is 1.37. The van der Waals surface area contributed by atoms with Crippen molar-refractivity contribution >= 4 is 23.9 Å². The van der Waals surface area contributed by atoms with Crippen molar-refractivity contribution < 1.29 is 19.3 Å². The first-order chi connectivity index (χ1) is 10.1. The summed E-state index contributed by atoms with van der Waals surface area (Å²) in [6, 6.07) is 3.93. The molecule has 1 heterocycles. The Bertz CT molecular complexity index is 668. The van der Waals surface area contributed by atoms with E-state index in [1.165, 1.54) is 19.4 Å². The Hall–Kier alpha value is -3.30. The topological polar surface area (TPSA) is 148 Å². The lowest BCUT2D eigenvalue weighted by molar-refractivity contribution is 0.252. The van der Waals surface area contributed by atoms with Gasteiger partial charge in [-0.25, -0.2) is 14.8 Å². The molecule has 1 aromatic carbocycles. The van der Waals surface area contributed by atoms with Crippen molar-refractivity contribution in [2.24, 2.45) is 5.10 Å². The molecule has 0 saturated heterocycles. The van der Waals surface area contributed by atoms with E-state index in [-0.39, 0.29) is 17.4 Å². The Labute approximate surface area is 118 Å². The summed E-state index contributed by atoms with van der Waals surface area (Å²) < 4.78 is 9.26. The lowest BCUT2D eigenvalue weighted by Crippen LogP contribution is -2.24. The van der Waals surface area contributed by atoms with Crippen LogP contribution in [0.5, 0.6) is 11.5 Å². The Morgan fingerprint density at radius 2 is 2.33 bits per heavy atom. The summed E-state index contributed by atoms with van der Waals surface area (Å²) in [4.78, 5) is 11.5. The number of aromatic nitrogens is 2. The van der Waals surface area contributed by atoms with Crippen LogP contribution in [-0.4, -0.2) is 34.8 Å². The minimum absolute atomic E-state index is 0.00555. The van der Waals surface area contributed by atoms with E-state index in [2.05, 4.69) is 30.8 Å². The molecule has 10 heteroatoms. The van der Waals surface area contributed by atoms with Crippen LogP contribution >= 0.6 is 0 Å². The predicted molar refractivity (Wildman–Crippen MR) is 73.1 cm³/mol. The van der Waals surface area contributed by atoms with Crippen LogP contribution in [0.1, 0.15) is 5.56 Å². The van der Waals surface area contributed by atoms with Crippen molar-refractivity contribution in [1.29, 1.82) is 0 Å². The molecule has 10 nitrogen and oxygen atoms in total. The fraction of sp³-hybridized carbons (Fsp3) is 0.0909. The first-order valence-electron chi connectivity index (χ1n) is 5.65. The quantitative estimate of drug-likeness (QED) is 0.474. The van der Waals surface area contributed by atoms with Gasteiger partial charge in [0.25, 0.3) is 0 Å². The Kier molecular flexibility index (Phi) is 4.19. The number of amides is 2. The summed E-state index contributed by atoms with van der Waals surface area (Å²) in [5.74, 6) is 0.255. The Morgan fingerprint density at radius 1 is 1.52 bits per heavy atom. The van der Waals surface area contributed by atoms with Crippen LogP contribution in [0.2, 0.25) is 0 Å². The zero-order valence-corrected chi connectivity index (χ0v) is 10.9. The molecular weight excluding hydrogens is 280 g/mol. The van der Waals surface area contributed by atoms with Crippen LogP contribution in [0, 0.1) is 0 Å². The third kappa shape index (κ3) is 3.59. The van der Waals surface area contributed by atoms with Gasteiger partial charge in [0, 0.05) is 0 Å². The van der Waals surface area contributed by atoms with Gasteiger partial charge in [0.1, 0.15) is 0 Å². The SMILES string of the molecule is COc1cc(C=NNC(=O)Nc2nonc2N)ccc1O. The summed E-state index contributed by atoms with van der Waals surface area (Å²) >= 11 is 0. The predicted octanol–water partition coefficient (Wildman–Crippen LogP) is 0.522. The van der Waals surface area contributed by atoms with Gasteiger partial charge in [-0.05, 0) is 34.1 Å². The van der Waals surface area contributed by atoms with Gasteiger partial charge in [0.2, 0.25) is 11.6 Å². The van der Waals surface area contributed by atoms with Gasteiger partial charge < -0.3 is 15.6 Å². The lowest BCUT2D eigenvalue weighted by Gasteiger charge is -2.03. The van der Waals surface area contributed by atoms with E-state index in [0.29, 0.717) is 11.3 Å². The highest BCUT2D eigenvalue weighted by atomic mass is 16.6. The number of hydrazone groups is 1. The van der Waals surface area contributed by atoms with Gasteiger partial charge in [-0.2, -0.15) is 5.10 Å². The number of aromatic hydroxyl groups is 1. The van der Waals surface area contributed by atoms with Gasteiger partial charge in [0.15, 0.2) is 11.5 Å². The number of methoxy groups -OCH3 is 1. The highest BCUT2D eigenvalue weighted by molar-refractivity contribution is 5.91. The highest BCUT2D eigenvalue weighted by Gasteiger charge is 2.09. The second-order valence-corrected chi connectivity index (χ2v) is 3.75. The number of rotatable bonds is 4. The average Bonchev–Trinajstić information content (AvgIpc) is 2.86. The fourth-order valence-corrected chi connectivity index (χ4v) is 1.36. The van der Waals surface area contributed by atoms with E-state index in [4.69, 9.17) is 10.5 Å². The molecule has 0 atom stereocenters. The summed E-state index contributed by atoms with van der Waals surface area (Å²) in [5.41, 5.74) is 8.19. The van der Waals surface area contributed by atoms with Crippen molar-refractivity contribution in [1.82, 2.24) is 15.7 Å². The molecule has 1 aromatic heterocycles. The molecule has 0 aliphatic rings. The van der Waals surface area contributed by atoms with E-state index in [1.807, 2.05) is 0 Å². The summed E-state index contributed by atoms with van der Waals surface area (Å²) in [6.45, 7) is 0. The first-order valence-corrected chi connectivity index (χ1v) is 5.65. The number of ether oxygens (including phenoxy) is 1. The highest BCUT2D eigenvalue weighted by Crippen LogP contribution is 2.25. The molecule has 0 spiro atoms. The molecule has 0 saturated carbocycles. The number of anilines is 2. The number of hydrogen-bond acceptors (Lipinski definition) is 8. The number of carbonyl (C=O) groups excluding carboxylic acids is 1. The molecular formula is C11H12N6O4. The largest absolute Gasteiger partial charge is 0.504 e. The van der Waals surface area contributed by atoms with Crippen molar-refractivity contribution in [2.45, 2.75) is 0 Å². The second-order valence-electron chi connectivity index (χ2n) is 3.75. The van der Waals surface area contributed by atoms with E-state index < -0.39 is 6.03 Å². The van der Waals surface area contributed by atoms with Gasteiger partial charge in [-0.1, -0.05) is 0 Å². The minimum atomic E-state index is -0.667. The maximum Gasteiger partial charge on any atom is 0.340 e. The molecule has 2 aromatic rings. The normalized spacial score (nSPS) is 10.5.